The van der Waals surface area contributed by atoms with E-state index in [9.17, 15) is 14.0 Å². The van der Waals surface area contributed by atoms with E-state index in [-0.39, 0.29) is 24.7 Å². The predicted molar refractivity (Wildman–Crippen MR) is 79.2 cm³/mol. The number of aliphatic carboxylic acids is 1. The number of carboxylic acids is 1. The van der Waals surface area contributed by atoms with Gasteiger partial charge in [-0.2, -0.15) is 0 Å². The molecular formula is C16H20FNO3. The Morgan fingerprint density at radius 1 is 1.33 bits per heavy atom. The van der Waals surface area contributed by atoms with Gasteiger partial charge in [0, 0.05) is 18.2 Å². The van der Waals surface area contributed by atoms with Crippen LogP contribution in [0.15, 0.2) is 30.3 Å². The first kappa shape index (κ1) is 16.9. The monoisotopic (exact) mass is 293 g/mol. The number of carbonyl (C=O) groups excluding carboxylic acids is 1. The molecule has 1 aromatic rings. The van der Waals surface area contributed by atoms with E-state index in [1.807, 2.05) is 20.8 Å². The summed E-state index contributed by atoms with van der Waals surface area (Å²) < 4.78 is 13.1. The van der Waals surface area contributed by atoms with E-state index < -0.39 is 11.5 Å². The molecule has 1 amide bonds. The minimum Gasteiger partial charge on any atom is -0.481 e. The maximum atomic E-state index is 13.1. The summed E-state index contributed by atoms with van der Waals surface area (Å²) in [6, 6.07) is 5.90. The number of carboxylic acid groups (broad SMARTS) is 1. The number of carbonyl (C=O) groups is 2. The van der Waals surface area contributed by atoms with Gasteiger partial charge in [-0.15, -0.1) is 0 Å². The average molecular weight is 293 g/mol. The molecule has 0 radical (unpaired) electrons. The van der Waals surface area contributed by atoms with Gasteiger partial charge in [0.05, 0.1) is 6.42 Å². The minimum absolute atomic E-state index is 0.114. The van der Waals surface area contributed by atoms with Gasteiger partial charge >= 0.3 is 5.97 Å². The molecule has 0 aromatic heterocycles. The highest BCUT2D eigenvalue weighted by Crippen LogP contribution is 2.15. The van der Waals surface area contributed by atoms with Crippen molar-refractivity contribution >= 4 is 18.0 Å². The lowest BCUT2D eigenvalue weighted by molar-refractivity contribution is -0.139. The molecule has 114 valence electrons. The molecule has 4 nitrogen and oxygen atoms in total. The van der Waals surface area contributed by atoms with E-state index in [0.717, 1.165) is 0 Å². The molecule has 0 spiro atoms. The SMILES string of the molecule is CC(C)(C)N(CCC(=O)O)C(=O)/C=C/c1cccc(F)c1. The molecule has 0 bridgehead atoms. The van der Waals surface area contributed by atoms with Gasteiger partial charge in [0.2, 0.25) is 5.91 Å². The summed E-state index contributed by atoms with van der Waals surface area (Å²) >= 11 is 0. The van der Waals surface area contributed by atoms with Crippen molar-refractivity contribution in [3.8, 4) is 0 Å². The van der Waals surface area contributed by atoms with Gasteiger partial charge in [-0.05, 0) is 44.5 Å². The molecule has 0 heterocycles. The van der Waals surface area contributed by atoms with Crippen LogP contribution in [0.2, 0.25) is 0 Å². The zero-order valence-electron chi connectivity index (χ0n) is 12.5. The maximum Gasteiger partial charge on any atom is 0.305 e. The van der Waals surface area contributed by atoms with Crippen LogP contribution in [0.25, 0.3) is 6.08 Å². The Bertz CT molecular complexity index is 547. The Balaban J connectivity index is 2.83. The smallest absolute Gasteiger partial charge is 0.305 e. The molecule has 0 unspecified atom stereocenters. The first-order valence-electron chi connectivity index (χ1n) is 6.67. The number of benzene rings is 1. The summed E-state index contributed by atoms with van der Waals surface area (Å²) in [6.07, 6.45) is 2.74. The van der Waals surface area contributed by atoms with Gasteiger partial charge in [-0.1, -0.05) is 12.1 Å². The van der Waals surface area contributed by atoms with Crippen LogP contribution in [-0.4, -0.2) is 34.0 Å². The van der Waals surface area contributed by atoms with Crippen LogP contribution in [0.4, 0.5) is 4.39 Å². The second-order valence-corrected chi connectivity index (χ2v) is 5.69. The summed E-state index contributed by atoms with van der Waals surface area (Å²) in [5.74, 6) is -1.62. The largest absolute Gasteiger partial charge is 0.481 e. The first-order chi connectivity index (χ1) is 9.70. The molecule has 0 fully saturated rings. The molecule has 21 heavy (non-hydrogen) atoms. The molecule has 0 atom stereocenters. The van der Waals surface area contributed by atoms with Crippen molar-refractivity contribution in [2.24, 2.45) is 0 Å². The van der Waals surface area contributed by atoms with Crippen molar-refractivity contribution in [3.63, 3.8) is 0 Å². The van der Waals surface area contributed by atoms with Crippen LogP contribution in [0.5, 0.6) is 0 Å². The van der Waals surface area contributed by atoms with E-state index in [0.29, 0.717) is 5.56 Å². The number of hydrogen-bond donors (Lipinski definition) is 1. The molecule has 1 aromatic carbocycles. The van der Waals surface area contributed by atoms with Crippen LogP contribution in [0.1, 0.15) is 32.8 Å². The van der Waals surface area contributed by atoms with Gasteiger partial charge in [0.15, 0.2) is 0 Å². The Morgan fingerprint density at radius 3 is 2.52 bits per heavy atom. The van der Waals surface area contributed by atoms with Gasteiger partial charge in [0.1, 0.15) is 5.82 Å². The van der Waals surface area contributed by atoms with Crippen LogP contribution in [-0.2, 0) is 9.59 Å². The van der Waals surface area contributed by atoms with E-state index in [4.69, 9.17) is 5.11 Å². The zero-order valence-corrected chi connectivity index (χ0v) is 12.5. The van der Waals surface area contributed by atoms with Crippen molar-refractivity contribution in [3.05, 3.63) is 41.7 Å². The fraction of sp³-hybridized carbons (Fsp3) is 0.375. The predicted octanol–water partition coefficient (Wildman–Crippen LogP) is 2.94. The summed E-state index contributed by atoms with van der Waals surface area (Å²) in [5, 5.41) is 8.75. The Morgan fingerprint density at radius 2 is 2.00 bits per heavy atom. The van der Waals surface area contributed by atoms with Crippen LogP contribution >= 0.6 is 0 Å². The second kappa shape index (κ2) is 7.02. The summed E-state index contributed by atoms with van der Waals surface area (Å²) in [6.45, 7) is 5.64. The molecule has 1 N–H and O–H groups in total. The third-order valence-corrected chi connectivity index (χ3v) is 2.89. The molecular weight excluding hydrogens is 273 g/mol. The maximum absolute atomic E-state index is 13.1. The van der Waals surface area contributed by atoms with E-state index in [1.165, 1.54) is 29.2 Å². The Labute approximate surface area is 123 Å². The minimum atomic E-state index is -0.953. The highest BCUT2D eigenvalue weighted by Gasteiger charge is 2.25. The molecule has 0 aliphatic rings. The fourth-order valence-corrected chi connectivity index (χ4v) is 1.85. The third kappa shape index (κ3) is 5.77. The topological polar surface area (TPSA) is 57.6 Å². The molecule has 0 aliphatic heterocycles. The summed E-state index contributed by atoms with van der Waals surface area (Å²) in [4.78, 5) is 24.4. The quantitative estimate of drug-likeness (QED) is 0.849. The summed E-state index contributed by atoms with van der Waals surface area (Å²) in [7, 11) is 0. The lowest BCUT2D eigenvalue weighted by atomic mass is 10.1. The third-order valence-electron chi connectivity index (χ3n) is 2.89. The second-order valence-electron chi connectivity index (χ2n) is 5.69. The van der Waals surface area contributed by atoms with Crippen molar-refractivity contribution < 1.29 is 19.1 Å². The van der Waals surface area contributed by atoms with Crippen LogP contribution < -0.4 is 0 Å². The van der Waals surface area contributed by atoms with Gasteiger partial charge in [-0.25, -0.2) is 4.39 Å². The van der Waals surface area contributed by atoms with Crippen molar-refractivity contribution in [2.75, 3.05) is 6.54 Å². The molecule has 1 rings (SSSR count). The van der Waals surface area contributed by atoms with Crippen LogP contribution in [0, 0.1) is 5.82 Å². The Hall–Kier alpha value is -2.17. The Kier molecular flexibility index (Phi) is 5.64. The molecule has 0 saturated heterocycles. The normalized spacial score (nSPS) is 11.6. The number of rotatable bonds is 5. The average Bonchev–Trinajstić information content (AvgIpc) is 2.34. The van der Waals surface area contributed by atoms with E-state index >= 15 is 0 Å². The van der Waals surface area contributed by atoms with Crippen molar-refractivity contribution in [1.29, 1.82) is 0 Å². The van der Waals surface area contributed by atoms with Gasteiger partial charge in [0.25, 0.3) is 0 Å². The summed E-state index contributed by atoms with van der Waals surface area (Å²) in [5.41, 5.74) is 0.0918. The van der Waals surface area contributed by atoms with Crippen molar-refractivity contribution in [1.82, 2.24) is 4.90 Å². The van der Waals surface area contributed by atoms with E-state index in [2.05, 4.69) is 0 Å². The zero-order chi connectivity index (χ0) is 16.0. The van der Waals surface area contributed by atoms with Crippen molar-refractivity contribution in [2.45, 2.75) is 32.7 Å². The number of halogens is 1. The number of amides is 1. The standard InChI is InChI=1S/C16H20FNO3/c1-16(2,3)18(10-9-15(20)21)14(19)8-7-12-5-4-6-13(17)11-12/h4-8,11H,9-10H2,1-3H3,(H,20,21)/b8-7+. The molecule has 0 aliphatic carbocycles. The lowest BCUT2D eigenvalue weighted by Gasteiger charge is -2.34. The highest BCUT2D eigenvalue weighted by molar-refractivity contribution is 5.92. The number of nitrogens with zero attached hydrogens (tertiary/aromatic N) is 1. The lowest BCUT2D eigenvalue weighted by Crippen LogP contribution is -2.45. The van der Waals surface area contributed by atoms with Gasteiger partial charge in [-0.3, -0.25) is 9.59 Å². The fourth-order valence-electron chi connectivity index (χ4n) is 1.85. The molecule has 0 saturated carbocycles. The number of hydrogen-bond acceptors (Lipinski definition) is 2. The molecule has 5 heteroatoms. The van der Waals surface area contributed by atoms with Crippen LogP contribution in [0.3, 0.4) is 0 Å². The van der Waals surface area contributed by atoms with Gasteiger partial charge < -0.3 is 10.0 Å². The van der Waals surface area contributed by atoms with E-state index in [1.54, 1.807) is 12.1 Å². The first-order valence-corrected chi connectivity index (χ1v) is 6.67. The highest BCUT2D eigenvalue weighted by atomic mass is 19.1.